The number of esters is 1. The van der Waals surface area contributed by atoms with E-state index in [0.717, 1.165) is 103 Å². The minimum Gasteiger partial charge on any atom is -0.456 e. The Morgan fingerprint density at radius 3 is 1.26 bits per heavy atom. The van der Waals surface area contributed by atoms with Crippen LogP contribution >= 0.6 is 7.82 Å². The van der Waals surface area contributed by atoms with Crippen molar-refractivity contribution in [3.05, 3.63) is 72.9 Å². The van der Waals surface area contributed by atoms with Crippen molar-refractivity contribution in [3.8, 4) is 0 Å². The molecule has 0 bridgehead atoms. The Hall–Kier alpha value is -2.55. The van der Waals surface area contributed by atoms with Crippen LogP contribution in [0.1, 0.15) is 284 Å². The Morgan fingerprint density at radius 1 is 0.474 bits per heavy atom. The maximum atomic E-state index is 13.6. The Kier molecular flexibility index (Phi) is 53.9. The van der Waals surface area contributed by atoms with E-state index in [9.17, 15) is 19.0 Å². The van der Waals surface area contributed by atoms with Crippen LogP contribution in [0.25, 0.3) is 0 Å². The number of hydrogen-bond acceptors (Lipinski definition) is 6. The molecule has 0 aromatic heterocycles. The van der Waals surface area contributed by atoms with E-state index in [-0.39, 0.29) is 25.1 Å². The lowest BCUT2D eigenvalue weighted by Crippen LogP contribution is -2.47. The molecule has 3 atom stereocenters. The van der Waals surface area contributed by atoms with Gasteiger partial charge in [-0.1, -0.05) is 267 Å². The lowest BCUT2D eigenvalue weighted by molar-refractivity contribution is -0.870. The third-order valence-corrected chi connectivity index (χ3v) is 14.9. The Labute approximate surface area is 470 Å². The average molecular weight is 1090 g/mol. The van der Waals surface area contributed by atoms with Gasteiger partial charge in [-0.2, -0.15) is 0 Å². The van der Waals surface area contributed by atoms with Crippen molar-refractivity contribution in [1.82, 2.24) is 5.32 Å². The van der Waals surface area contributed by atoms with Gasteiger partial charge in [0.25, 0.3) is 0 Å². The van der Waals surface area contributed by atoms with Gasteiger partial charge in [0, 0.05) is 12.8 Å². The highest BCUT2D eigenvalue weighted by Crippen LogP contribution is 2.43. The highest BCUT2D eigenvalue weighted by Gasteiger charge is 2.30. The van der Waals surface area contributed by atoms with Gasteiger partial charge in [-0.25, -0.2) is 4.57 Å². The van der Waals surface area contributed by atoms with E-state index < -0.39 is 20.0 Å². The number of phosphoric acid groups is 1. The predicted octanol–water partition coefficient (Wildman–Crippen LogP) is 19.6. The first-order valence-corrected chi connectivity index (χ1v) is 33.3. The molecule has 0 aliphatic carbocycles. The number of ether oxygens (including phenoxy) is 1. The third kappa shape index (κ3) is 56.2. The van der Waals surface area contributed by atoms with E-state index in [1.807, 2.05) is 33.3 Å². The van der Waals surface area contributed by atoms with Crippen LogP contribution in [0.5, 0.6) is 0 Å². The molecule has 0 fully saturated rings. The number of nitrogens with zero attached hydrogens (tertiary/aromatic N) is 1. The highest BCUT2D eigenvalue weighted by atomic mass is 31.2. The average Bonchev–Trinajstić information content (AvgIpc) is 3.38. The van der Waals surface area contributed by atoms with Crippen LogP contribution in [0.15, 0.2) is 72.9 Å². The number of likely N-dealkylation sites (N-methyl/N-ethyl adjacent to an activating group) is 1. The van der Waals surface area contributed by atoms with Crippen molar-refractivity contribution in [1.29, 1.82) is 0 Å². The van der Waals surface area contributed by atoms with E-state index in [1.54, 1.807) is 0 Å². The minimum atomic E-state index is -4.45. The van der Waals surface area contributed by atoms with E-state index in [1.165, 1.54) is 148 Å². The zero-order valence-corrected chi connectivity index (χ0v) is 51.4. The van der Waals surface area contributed by atoms with Gasteiger partial charge in [0.15, 0.2) is 0 Å². The number of hydrogen-bond donors (Lipinski definition) is 2. The van der Waals surface area contributed by atoms with E-state index in [0.29, 0.717) is 23.9 Å². The second-order valence-corrected chi connectivity index (χ2v) is 24.0. The zero-order chi connectivity index (χ0) is 55.7. The molecule has 1 amide bonds. The van der Waals surface area contributed by atoms with Crippen LogP contribution in [0.3, 0.4) is 0 Å². The molecule has 0 saturated carbocycles. The fraction of sp³-hybridized carbons (Fsp3) is 0.788. The number of unbranched alkanes of at least 4 members (excludes halogenated alkanes) is 31. The first-order chi connectivity index (χ1) is 36.9. The largest absolute Gasteiger partial charge is 0.472 e. The summed E-state index contributed by atoms with van der Waals surface area (Å²) in [7, 11) is 1.49. The van der Waals surface area contributed by atoms with Gasteiger partial charge in [-0.15, -0.1) is 0 Å². The van der Waals surface area contributed by atoms with Gasteiger partial charge in [0.1, 0.15) is 19.3 Å². The van der Waals surface area contributed by atoms with Crippen LogP contribution in [-0.4, -0.2) is 74.3 Å². The summed E-state index contributed by atoms with van der Waals surface area (Å²) in [6, 6.07) is -0.851. The van der Waals surface area contributed by atoms with Gasteiger partial charge >= 0.3 is 13.8 Å². The zero-order valence-electron chi connectivity index (χ0n) is 50.5. The normalized spacial score (nSPS) is 14.1. The smallest absolute Gasteiger partial charge is 0.456 e. The van der Waals surface area contributed by atoms with Crippen molar-refractivity contribution in [2.24, 2.45) is 0 Å². The molecule has 0 heterocycles. The first-order valence-electron chi connectivity index (χ1n) is 31.8. The van der Waals surface area contributed by atoms with Crippen LogP contribution in [0.4, 0.5) is 0 Å². The van der Waals surface area contributed by atoms with Crippen LogP contribution in [0, 0.1) is 0 Å². The maximum Gasteiger partial charge on any atom is 0.472 e. The molecule has 0 spiro atoms. The second-order valence-electron chi connectivity index (χ2n) is 22.6. The number of amides is 1. The standard InChI is InChI=1S/C66H121N2O7P/c1-7-10-13-16-19-22-25-28-29-30-31-32-33-34-35-36-37-38-39-41-43-46-49-52-55-58-65(69)67-63(62-74-76(71,72)73-61-60-68(4,5)6)64(57-54-51-48-45-42-27-24-21-18-15-12-9-3)75-66(70)59-56-53-50-47-44-40-26-23-20-17-14-11-8-2/h10,13,19,22,28-29,31-32,34-35,54,57,63-64H,7-9,11-12,14-18,20-21,23-27,30,33,36-53,55-56,58-62H2,1-6H3,(H-,67,69,71,72)/p+1/b13-10-,22-19-,29-28-,32-31-,35-34-,57-54-. The summed E-state index contributed by atoms with van der Waals surface area (Å²) in [4.78, 5) is 37.7. The maximum absolute atomic E-state index is 13.6. The van der Waals surface area contributed by atoms with Crippen molar-refractivity contribution in [3.63, 3.8) is 0 Å². The molecule has 76 heavy (non-hydrogen) atoms. The molecule has 10 heteroatoms. The monoisotopic (exact) mass is 1090 g/mol. The van der Waals surface area contributed by atoms with Gasteiger partial charge in [-0.05, 0) is 76.7 Å². The van der Waals surface area contributed by atoms with E-state index >= 15 is 0 Å². The molecule has 0 rings (SSSR count). The molecule has 2 N–H and O–H groups in total. The van der Waals surface area contributed by atoms with E-state index in [4.69, 9.17) is 13.8 Å². The summed E-state index contributed by atoms with van der Waals surface area (Å²) >= 11 is 0. The molecule has 9 nitrogen and oxygen atoms in total. The number of carbonyl (C=O) groups is 2. The summed E-state index contributed by atoms with van der Waals surface area (Å²) in [5.74, 6) is -0.506. The van der Waals surface area contributed by atoms with Gasteiger partial charge in [0.05, 0.1) is 33.8 Å². The molecule has 0 saturated heterocycles. The topological polar surface area (TPSA) is 111 Å². The summed E-state index contributed by atoms with van der Waals surface area (Å²) in [5.41, 5.74) is 0. The highest BCUT2D eigenvalue weighted by molar-refractivity contribution is 7.47. The molecule has 0 aromatic rings. The quantitative estimate of drug-likeness (QED) is 0.0205. The summed E-state index contributed by atoms with van der Waals surface area (Å²) in [6.45, 7) is 6.91. The molecule has 3 unspecified atom stereocenters. The number of rotatable bonds is 57. The first kappa shape index (κ1) is 73.5. The number of allylic oxidation sites excluding steroid dienone is 11. The van der Waals surface area contributed by atoms with Crippen molar-refractivity contribution < 1.29 is 37.3 Å². The van der Waals surface area contributed by atoms with Crippen molar-refractivity contribution >= 4 is 19.7 Å². The number of carbonyl (C=O) groups excluding carboxylic acids is 2. The predicted molar refractivity (Wildman–Crippen MR) is 328 cm³/mol. The summed E-state index contributed by atoms with van der Waals surface area (Å²) in [6.07, 6.45) is 71.8. The summed E-state index contributed by atoms with van der Waals surface area (Å²) < 4.78 is 30.7. The van der Waals surface area contributed by atoms with E-state index in [2.05, 4.69) is 86.8 Å². The molecule has 0 aliphatic heterocycles. The lowest BCUT2D eigenvalue weighted by atomic mass is 10.0. The second kappa shape index (κ2) is 55.8. The van der Waals surface area contributed by atoms with Crippen molar-refractivity contribution in [2.45, 2.75) is 296 Å². The third-order valence-electron chi connectivity index (χ3n) is 13.9. The van der Waals surface area contributed by atoms with Crippen molar-refractivity contribution in [2.75, 3.05) is 40.9 Å². The fourth-order valence-corrected chi connectivity index (χ4v) is 9.76. The molecule has 0 aromatic carbocycles. The lowest BCUT2D eigenvalue weighted by Gasteiger charge is -2.27. The molecular weight excluding hydrogens is 964 g/mol. The number of quaternary nitrogens is 1. The Balaban J connectivity index is 5.13. The van der Waals surface area contributed by atoms with Crippen LogP contribution in [0.2, 0.25) is 0 Å². The molecule has 0 radical (unpaired) electrons. The molecule has 0 aliphatic rings. The number of nitrogens with one attached hydrogen (secondary N) is 1. The SMILES string of the molecule is CC/C=C\C/C=C\C/C=C\C/C=C\C/C=C\CCCCCCCCCCCC(=O)NC(COP(=O)(O)OCC[N+](C)(C)C)C(/C=C\CCCCCCCCCCCC)OC(=O)CCCCCCCCCCCCCCC. The van der Waals surface area contributed by atoms with Crippen LogP contribution in [-0.2, 0) is 27.9 Å². The number of phosphoric ester groups is 1. The van der Waals surface area contributed by atoms with Gasteiger partial charge in [-0.3, -0.25) is 18.6 Å². The summed E-state index contributed by atoms with van der Waals surface area (Å²) in [5, 5.41) is 3.06. The van der Waals surface area contributed by atoms with Gasteiger partial charge in [0.2, 0.25) is 5.91 Å². The fourth-order valence-electron chi connectivity index (χ4n) is 9.03. The molecular formula is C66H122N2O7P+. The van der Waals surface area contributed by atoms with Crippen LogP contribution < -0.4 is 5.32 Å². The molecule has 442 valence electrons. The Bertz CT molecular complexity index is 1530. The Morgan fingerprint density at radius 2 is 0.842 bits per heavy atom. The minimum absolute atomic E-state index is 0.0381. The van der Waals surface area contributed by atoms with Gasteiger partial charge < -0.3 is 19.4 Å².